The van der Waals surface area contributed by atoms with Gasteiger partial charge in [0.1, 0.15) is 6.29 Å². The minimum absolute atomic E-state index is 0.793. The Morgan fingerprint density at radius 1 is 1.44 bits per heavy atom. The van der Waals surface area contributed by atoms with E-state index < -0.39 is 0 Å². The highest BCUT2D eigenvalue weighted by molar-refractivity contribution is 9.10. The average Bonchev–Trinajstić information content (AvgIpc) is 2.63. The largest absolute Gasteiger partial charge is 0.379 e. The van der Waals surface area contributed by atoms with Crippen molar-refractivity contribution >= 4 is 54.7 Å². The number of thiophene rings is 1. The molecule has 1 N–H and O–H groups in total. The van der Waals surface area contributed by atoms with Crippen molar-refractivity contribution in [1.82, 2.24) is 0 Å². The van der Waals surface area contributed by atoms with E-state index in [1.807, 2.05) is 19.2 Å². The number of rotatable bonds is 3. The van der Waals surface area contributed by atoms with Gasteiger partial charge in [-0.2, -0.15) is 0 Å². The molecule has 1 heterocycles. The Morgan fingerprint density at radius 3 is 2.94 bits per heavy atom. The summed E-state index contributed by atoms with van der Waals surface area (Å²) in [5.41, 5.74) is 1.07. The van der Waals surface area contributed by atoms with E-state index in [4.69, 9.17) is 0 Å². The highest BCUT2D eigenvalue weighted by atomic mass is 79.9. The number of carbonyl (C=O) groups excluding carboxylic acids is 1. The fourth-order valence-electron chi connectivity index (χ4n) is 1.58. The van der Waals surface area contributed by atoms with Crippen molar-refractivity contribution in [2.75, 3.05) is 12.4 Å². The molecule has 0 saturated heterocycles. The van der Waals surface area contributed by atoms with Crippen LogP contribution in [0.15, 0.2) is 28.7 Å². The van der Waals surface area contributed by atoms with Gasteiger partial charge in [-0.15, -0.1) is 11.3 Å². The molecule has 2 aromatic rings. The van der Waals surface area contributed by atoms with E-state index in [0.717, 1.165) is 26.7 Å². The monoisotopic (exact) mass is 295 g/mol. The number of carbonyl (C=O) groups is 1. The molecule has 0 atom stereocenters. The van der Waals surface area contributed by atoms with Gasteiger partial charge in [-0.25, -0.2) is 0 Å². The molecule has 4 heteroatoms. The maximum Gasteiger partial charge on any atom is 0.142 e. The molecule has 0 aliphatic carbocycles. The minimum atomic E-state index is 0.793. The quantitative estimate of drug-likeness (QED) is 0.687. The first-order valence-corrected chi connectivity index (χ1v) is 6.39. The van der Waals surface area contributed by atoms with Crippen LogP contribution in [-0.4, -0.2) is 13.3 Å². The Kier molecular flexibility index (Phi) is 3.41. The Hall–Kier alpha value is -1.13. The van der Waals surface area contributed by atoms with Crippen LogP contribution in [0.1, 0.15) is 5.56 Å². The summed E-state index contributed by atoms with van der Waals surface area (Å²) in [6.07, 6.45) is 4.15. The van der Waals surface area contributed by atoms with Crippen LogP contribution >= 0.6 is 27.3 Å². The third-order valence-corrected chi connectivity index (χ3v) is 3.95. The first kappa shape index (κ1) is 11.4. The van der Waals surface area contributed by atoms with E-state index in [1.165, 1.54) is 10.8 Å². The number of aldehydes is 1. The van der Waals surface area contributed by atoms with E-state index in [9.17, 15) is 4.79 Å². The summed E-state index contributed by atoms with van der Waals surface area (Å²) in [6, 6.07) is 6.16. The second-order valence-electron chi connectivity index (χ2n) is 3.23. The number of anilines is 1. The molecule has 0 bridgehead atoms. The van der Waals surface area contributed by atoms with E-state index in [-0.39, 0.29) is 0 Å². The molecule has 0 aliphatic rings. The minimum Gasteiger partial charge on any atom is -0.379 e. The fourth-order valence-corrected chi connectivity index (χ4v) is 2.96. The standard InChI is InChI=1S/C12H10BrNOS/c1-14-12-9(3-2-6-15)10-7-8(13)4-5-11(10)16-12/h2-7,14H,1H3/b3-2-. The molecule has 2 rings (SSSR count). The molecule has 0 amide bonds. The Labute approximate surface area is 106 Å². The number of nitrogens with one attached hydrogen (secondary N) is 1. The van der Waals surface area contributed by atoms with Crippen LogP contribution in [-0.2, 0) is 4.79 Å². The van der Waals surface area contributed by atoms with Gasteiger partial charge in [0.15, 0.2) is 0 Å². The molecule has 1 aromatic carbocycles. The van der Waals surface area contributed by atoms with Crippen molar-refractivity contribution in [2.45, 2.75) is 0 Å². The zero-order valence-electron chi connectivity index (χ0n) is 8.66. The lowest BCUT2D eigenvalue weighted by Crippen LogP contribution is -1.85. The highest BCUT2D eigenvalue weighted by Gasteiger charge is 2.08. The van der Waals surface area contributed by atoms with E-state index in [0.29, 0.717) is 0 Å². The molecular formula is C12H10BrNOS. The summed E-state index contributed by atoms with van der Waals surface area (Å²) >= 11 is 5.14. The Morgan fingerprint density at radius 2 is 2.25 bits per heavy atom. The number of allylic oxidation sites excluding steroid dienone is 1. The molecule has 0 fully saturated rings. The van der Waals surface area contributed by atoms with E-state index >= 15 is 0 Å². The number of hydrogen-bond donors (Lipinski definition) is 1. The second kappa shape index (κ2) is 4.80. The molecule has 0 unspecified atom stereocenters. The van der Waals surface area contributed by atoms with E-state index in [1.54, 1.807) is 11.3 Å². The predicted molar refractivity (Wildman–Crippen MR) is 74.2 cm³/mol. The zero-order valence-corrected chi connectivity index (χ0v) is 11.1. The molecule has 0 spiro atoms. The van der Waals surface area contributed by atoms with Crippen LogP contribution in [0.5, 0.6) is 0 Å². The van der Waals surface area contributed by atoms with Crippen LogP contribution in [0.3, 0.4) is 0 Å². The summed E-state index contributed by atoms with van der Waals surface area (Å²) < 4.78 is 2.25. The normalized spacial score (nSPS) is 11.1. The first-order chi connectivity index (χ1) is 7.76. The average molecular weight is 296 g/mol. The van der Waals surface area contributed by atoms with Crippen LogP contribution < -0.4 is 5.32 Å². The lowest BCUT2D eigenvalue weighted by atomic mass is 10.1. The Bertz CT molecular complexity index is 559. The third kappa shape index (κ3) is 2.03. The van der Waals surface area contributed by atoms with Gasteiger partial charge in [-0.1, -0.05) is 15.9 Å². The smallest absolute Gasteiger partial charge is 0.142 e. The molecule has 1 aromatic heterocycles. The Balaban J connectivity index is 2.69. The highest BCUT2D eigenvalue weighted by Crippen LogP contribution is 2.37. The van der Waals surface area contributed by atoms with Crippen LogP contribution in [0.2, 0.25) is 0 Å². The third-order valence-electron chi connectivity index (χ3n) is 2.26. The molecule has 2 nitrogen and oxygen atoms in total. The van der Waals surface area contributed by atoms with Crippen LogP contribution in [0, 0.1) is 0 Å². The second-order valence-corrected chi connectivity index (χ2v) is 5.20. The van der Waals surface area contributed by atoms with Crippen molar-refractivity contribution in [1.29, 1.82) is 0 Å². The number of hydrogen-bond acceptors (Lipinski definition) is 3. The molecule has 82 valence electrons. The fraction of sp³-hybridized carbons (Fsp3) is 0.0833. The number of benzene rings is 1. The van der Waals surface area contributed by atoms with Gasteiger partial charge in [0, 0.05) is 27.2 Å². The van der Waals surface area contributed by atoms with Gasteiger partial charge in [0.05, 0.1) is 5.00 Å². The summed E-state index contributed by atoms with van der Waals surface area (Å²) in [5, 5.41) is 5.38. The van der Waals surface area contributed by atoms with Gasteiger partial charge < -0.3 is 5.32 Å². The van der Waals surface area contributed by atoms with Crippen molar-refractivity contribution in [3.05, 3.63) is 34.3 Å². The molecule has 0 saturated carbocycles. The summed E-state index contributed by atoms with van der Waals surface area (Å²) in [6.45, 7) is 0. The first-order valence-electron chi connectivity index (χ1n) is 4.78. The zero-order chi connectivity index (χ0) is 11.5. The van der Waals surface area contributed by atoms with Crippen molar-refractivity contribution < 1.29 is 4.79 Å². The van der Waals surface area contributed by atoms with Gasteiger partial charge in [-0.05, 0) is 30.4 Å². The molecular weight excluding hydrogens is 286 g/mol. The van der Waals surface area contributed by atoms with Crippen LogP contribution in [0.4, 0.5) is 5.00 Å². The summed E-state index contributed by atoms with van der Waals surface area (Å²) in [7, 11) is 1.89. The SMILES string of the molecule is CNc1sc2ccc(Br)cc2c1/C=C\C=O. The van der Waals surface area contributed by atoms with Gasteiger partial charge in [0.25, 0.3) is 0 Å². The summed E-state index contributed by atoms with van der Waals surface area (Å²) in [5.74, 6) is 0. The van der Waals surface area contributed by atoms with Crippen molar-refractivity contribution in [3.8, 4) is 0 Å². The maximum absolute atomic E-state index is 10.4. The van der Waals surface area contributed by atoms with E-state index in [2.05, 4.69) is 33.4 Å². The predicted octanol–water partition coefficient (Wildman–Crippen LogP) is 3.92. The number of halogens is 1. The number of fused-ring (bicyclic) bond motifs is 1. The summed E-state index contributed by atoms with van der Waals surface area (Å²) in [4.78, 5) is 10.4. The molecule has 0 aliphatic heterocycles. The van der Waals surface area contributed by atoms with Crippen LogP contribution in [0.25, 0.3) is 16.2 Å². The van der Waals surface area contributed by atoms with Crippen molar-refractivity contribution in [2.24, 2.45) is 0 Å². The maximum atomic E-state index is 10.4. The molecule has 0 radical (unpaired) electrons. The lowest BCUT2D eigenvalue weighted by molar-refractivity contribution is -0.104. The van der Waals surface area contributed by atoms with Gasteiger partial charge in [0.2, 0.25) is 0 Å². The van der Waals surface area contributed by atoms with Gasteiger partial charge >= 0.3 is 0 Å². The topological polar surface area (TPSA) is 29.1 Å². The lowest BCUT2D eigenvalue weighted by Gasteiger charge is -1.97. The van der Waals surface area contributed by atoms with Crippen molar-refractivity contribution in [3.63, 3.8) is 0 Å². The molecule has 16 heavy (non-hydrogen) atoms. The van der Waals surface area contributed by atoms with Gasteiger partial charge in [-0.3, -0.25) is 4.79 Å².